The number of aromatic nitrogens is 1. The van der Waals surface area contributed by atoms with Gasteiger partial charge in [0.1, 0.15) is 24.0 Å². The van der Waals surface area contributed by atoms with E-state index in [-0.39, 0.29) is 29.0 Å². The summed E-state index contributed by atoms with van der Waals surface area (Å²) in [6.45, 7) is 10.0. The summed E-state index contributed by atoms with van der Waals surface area (Å²) in [4.78, 5) is 41.6. The number of carbonyl (C=O) groups excluding carboxylic acids is 3. The molecule has 0 fully saturated rings. The standard InChI is InChI=1S/C27H35ClN2O8/c1-15(2)23(38-20-10-8-9-19(28)13-20)18(6)37-27(33)17(5)30-25(31)22-24(21(34-7)11-12-29-22)35-14-36-26(32)16(3)4/h8-13,15-18,23H,14H2,1-7H3,(H,30,31)/t17-,18-,23+/m0/s1. The van der Waals surface area contributed by atoms with Gasteiger partial charge in [-0.15, -0.1) is 0 Å². The van der Waals surface area contributed by atoms with Gasteiger partial charge in [0, 0.05) is 17.3 Å². The Bertz CT molecular complexity index is 1110. The van der Waals surface area contributed by atoms with Crippen LogP contribution in [0.15, 0.2) is 36.5 Å². The molecule has 0 aliphatic heterocycles. The number of benzene rings is 1. The molecule has 0 saturated heterocycles. The highest BCUT2D eigenvalue weighted by Gasteiger charge is 2.30. The van der Waals surface area contributed by atoms with Crippen LogP contribution >= 0.6 is 11.6 Å². The Morgan fingerprint density at radius 2 is 1.74 bits per heavy atom. The molecule has 1 heterocycles. The van der Waals surface area contributed by atoms with Crippen LogP contribution in [0.3, 0.4) is 0 Å². The van der Waals surface area contributed by atoms with Crippen LogP contribution in [0.5, 0.6) is 17.2 Å². The van der Waals surface area contributed by atoms with Gasteiger partial charge in [-0.1, -0.05) is 45.4 Å². The normalized spacial score (nSPS) is 13.3. The molecule has 0 bridgehead atoms. The van der Waals surface area contributed by atoms with Crippen molar-refractivity contribution in [3.05, 3.63) is 47.2 Å². The van der Waals surface area contributed by atoms with Crippen molar-refractivity contribution in [2.45, 2.75) is 59.8 Å². The largest absolute Gasteiger partial charge is 0.493 e. The molecular weight excluding hydrogens is 516 g/mol. The molecule has 11 heteroatoms. The molecule has 1 aromatic carbocycles. The number of nitrogens with zero attached hydrogens (tertiary/aromatic N) is 1. The number of amides is 1. The fourth-order valence-electron chi connectivity index (χ4n) is 3.35. The maximum atomic E-state index is 13.0. The van der Waals surface area contributed by atoms with Gasteiger partial charge < -0.3 is 29.0 Å². The number of nitrogens with one attached hydrogen (secondary N) is 1. The predicted octanol–water partition coefficient (Wildman–Crippen LogP) is 4.43. The van der Waals surface area contributed by atoms with E-state index in [2.05, 4.69) is 10.3 Å². The highest BCUT2D eigenvalue weighted by atomic mass is 35.5. The van der Waals surface area contributed by atoms with Crippen molar-refractivity contribution in [2.75, 3.05) is 13.9 Å². The van der Waals surface area contributed by atoms with E-state index in [1.807, 2.05) is 13.8 Å². The maximum Gasteiger partial charge on any atom is 0.328 e. The lowest BCUT2D eigenvalue weighted by molar-refractivity contribution is -0.156. The van der Waals surface area contributed by atoms with Gasteiger partial charge in [-0.2, -0.15) is 0 Å². The molecule has 0 radical (unpaired) electrons. The molecule has 0 aliphatic carbocycles. The first-order chi connectivity index (χ1) is 17.9. The van der Waals surface area contributed by atoms with Crippen molar-refractivity contribution in [3.8, 4) is 17.2 Å². The summed E-state index contributed by atoms with van der Waals surface area (Å²) < 4.78 is 27.4. The summed E-state index contributed by atoms with van der Waals surface area (Å²) in [5, 5.41) is 3.08. The first-order valence-electron chi connectivity index (χ1n) is 12.2. The minimum Gasteiger partial charge on any atom is -0.493 e. The molecule has 2 aromatic rings. The molecule has 38 heavy (non-hydrogen) atoms. The number of esters is 2. The third kappa shape index (κ3) is 8.79. The number of pyridine rings is 1. The van der Waals surface area contributed by atoms with E-state index in [0.29, 0.717) is 10.8 Å². The highest BCUT2D eigenvalue weighted by molar-refractivity contribution is 6.30. The fourth-order valence-corrected chi connectivity index (χ4v) is 3.53. The maximum absolute atomic E-state index is 13.0. The fraction of sp³-hybridized carbons (Fsp3) is 0.481. The number of halogens is 1. The van der Waals surface area contributed by atoms with Crippen molar-refractivity contribution in [1.29, 1.82) is 0 Å². The van der Waals surface area contributed by atoms with Crippen molar-refractivity contribution < 1.29 is 38.1 Å². The minimum atomic E-state index is -1.02. The Labute approximate surface area is 227 Å². The van der Waals surface area contributed by atoms with Gasteiger partial charge in [-0.3, -0.25) is 9.59 Å². The smallest absolute Gasteiger partial charge is 0.328 e. The summed E-state index contributed by atoms with van der Waals surface area (Å²) in [6, 6.07) is 7.41. The molecule has 0 unspecified atom stereocenters. The van der Waals surface area contributed by atoms with E-state index < -0.39 is 42.9 Å². The number of methoxy groups -OCH3 is 1. The number of rotatable bonds is 13. The summed E-state index contributed by atoms with van der Waals surface area (Å²) in [7, 11) is 1.39. The van der Waals surface area contributed by atoms with Gasteiger partial charge in [-0.05, 0) is 38.0 Å². The van der Waals surface area contributed by atoms with Crippen LogP contribution in [0.4, 0.5) is 0 Å². The number of hydrogen-bond acceptors (Lipinski definition) is 9. The van der Waals surface area contributed by atoms with Crippen LogP contribution in [0.2, 0.25) is 5.02 Å². The summed E-state index contributed by atoms with van der Waals surface area (Å²) >= 11 is 6.05. The zero-order valence-corrected chi connectivity index (χ0v) is 23.4. The van der Waals surface area contributed by atoms with Crippen molar-refractivity contribution >= 4 is 29.4 Å². The lowest BCUT2D eigenvalue weighted by atomic mass is 10.0. The van der Waals surface area contributed by atoms with Crippen LogP contribution in [0.1, 0.15) is 52.0 Å². The van der Waals surface area contributed by atoms with Gasteiger partial charge in [0.05, 0.1) is 13.0 Å². The second-order valence-electron chi connectivity index (χ2n) is 9.19. The predicted molar refractivity (Wildman–Crippen MR) is 140 cm³/mol. The molecule has 2 rings (SSSR count). The average Bonchev–Trinajstić information content (AvgIpc) is 2.86. The second kappa shape index (κ2) is 14.4. The second-order valence-corrected chi connectivity index (χ2v) is 9.63. The van der Waals surface area contributed by atoms with Gasteiger partial charge in [0.25, 0.3) is 5.91 Å². The van der Waals surface area contributed by atoms with Crippen molar-refractivity contribution in [2.24, 2.45) is 11.8 Å². The van der Waals surface area contributed by atoms with Gasteiger partial charge in [-0.25, -0.2) is 9.78 Å². The highest BCUT2D eigenvalue weighted by Crippen LogP contribution is 2.30. The summed E-state index contributed by atoms with van der Waals surface area (Å²) in [5.41, 5.74) is -0.151. The number of hydrogen-bond donors (Lipinski definition) is 1. The van der Waals surface area contributed by atoms with Crippen LogP contribution in [-0.2, 0) is 19.1 Å². The van der Waals surface area contributed by atoms with Crippen LogP contribution in [-0.4, -0.2) is 55.0 Å². The van der Waals surface area contributed by atoms with Crippen molar-refractivity contribution in [3.63, 3.8) is 0 Å². The molecular formula is C27H35ClN2O8. The zero-order valence-electron chi connectivity index (χ0n) is 22.6. The van der Waals surface area contributed by atoms with E-state index in [9.17, 15) is 14.4 Å². The lowest BCUT2D eigenvalue weighted by Crippen LogP contribution is -2.44. The Morgan fingerprint density at radius 3 is 2.34 bits per heavy atom. The van der Waals surface area contributed by atoms with E-state index in [4.69, 9.17) is 35.3 Å². The zero-order chi connectivity index (χ0) is 28.4. The molecule has 0 aliphatic rings. The first-order valence-corrected chi connectivity index (χ1v) is 12.6. The van der Waals surface area contributed by atoms with Gasteiger partial charge >= 0.3 is 11.9 Å². The van der Waals surface area contributed by atoms with Crippen LogP contribution < -0.4 is 19.5 Å². The quantitative estimate of drug-likeness (QED) is 0.285. The Kier molecular flexibility index (Phi) is 11.6. The monoisotopic (exact) mass is 550 g/mol. The van der Waals surface area contributed by atoms with Gasteiger partial charge in [0.2, 0.25) is 6.79 Å². The minimum absolute atomic E-state index is 0.00663. The molecule has 10 nitrogen and oxygen atoms in total. The van der Waals surface area contributed by atoms with Crippen LogP contribution in [0, 0.1) is 11.8 Å². The molecule has 3 atom stereocenters. The lowest BCUT2D eigenvalue weighted by Gasteiger charge is -2.29. The Morgan fingerprint density at radius 1 is 1.03 bits per heavy atom. The summed E-state index contributed by atoms with van der Waals surface area (Å²) in [5.74, 6) is -1.46. The van der Waals surface area contributed by atoms with Crippen molar-refractivity contribution in [1.82, 2.24) is 10.3 Å². The summed E-state index contributed by atoms with van der Waals surface area (Å²) in [6.07, 6.45) is 0.255. The SMILES string of the molecule is COc1ccnc(C(=O)N[C@@H](C)C(=O)O[C@@H](C)[C@H](Oc2cccc(Cl)c2)C(C)C)c1OCOC(=O)C(C)C. The first kappa shape index (κ1) is 30.7. The molecule has 208 valence electrons. The molecule has 0 saturated carbocycles. The Hall–Kier alpha value is -3.53. The van der Waals surface area contributed by atoms with Crippen LogP contribution in [0.25, 0.3) is 0 Å². The average molecular weight is 551 g/mol. The topological polar surface area (TPSA) is 122 Å². The third-order valence-electron chi connectivity index (χ3n) is 5.37. The van der Waals surface area contributed by atoms with E-state index in [1.165, 1.54) is 26.3 Å². The van der Waals surface area contributed by atoms with E-state index in [0.717, 1.165) is 0 Å². The molecule has 0 spiro atoms. The molecule has 1 aromatic heterocycles. The third-order valence-corrected chi connectivity index (χ3v) is 5.61. The number of ether oxygens (including phenoxy) is 5. The van der Waals surface area contributed by atoms with Gasteiger partial charge in [0.15, 0.2) is 17.2 Å². The number of carbonyl (C=O) groups is 3. The van der Waals surface area contributed by atoms with E-state index >= 15 is 0 Å². The molecule has 1 amide bonds. The Balaban J connectivity index is 2.07. The molecule has 1 N–H and O–H groups in total. The van der Waals surface area contributed by atoms with E-state index in [1.54, 1.807) is 45.0 Å².